The van der Waals surface area contributed by atoms with Gasteiger partial charge in [-0.1, -0.05) is 12.1 Å². The number of furan rings is 1. The molecule has 1 aliphatic rings. The lowest BCUT2D eigenvalue weighted by Crippen LogP contribution is -2.41. The lowest BCUT2D eigenvalue weighted by atomic mass is 9.97. The number of para-hydroxylation sites is 1. The van der Waals surface area contributed by atoms with Gasteiger partial charge in [0.25, 0.3) is 0 Å². The summed E-state index contributed by atoms with van der Waals surface area (Å²) in [5.41, 5.74) is 0.747. The van der Waals surface area contributed by atoms with Crippen LogP contribution in [0.3, 0.4) is 0 Å². The number of piperidine rings is 1. The van der Waals surface area contributed by atoms with E-state index in [0.717, 1.165) is 4.90 Å². The number of anilines is 1. The molecule has 34 heavy (non-hydrogen) atoms. The standard InChI is InChI=1S/C24H26N2O6S2/c1-3-31-24(28)22-21(19-6-4-5-7-20(19)32-22)25-23(27)16-12-14-26(15-13-16)34(29,30)18-10-8-17(33-2)9-11-18/h4-11,16H,3,12-15H2,1-2H3,(H,25,27). The van der Waals surface area contributed by atoms with Crippen LogP contribution in [0.4, 0.5) is 5.69 Å². The van der Waals surface area contributed by atoms with E-state index in [1.165, 1.54) is 4.31 Å². The molecule has 1 N–H and O–H groups in total. The molecule has 1 aliphatic heterocycles. The molecule has 1 aromatic heterocycles. The highest BCUT2D eigenvalue weighted by atomic mass is 32.2. The van der Waals surface area contributed by atoms with Crippen molar-refractivity contribution >= 4 is 50.3 Å². The van der Waals surface area contributed by atoms with Crippen LogP contribution < -0.4 is 5.32 Å². The molecule has 3 aromatic rings. The Morgan fingerprint density at radius 1 is 1.12 bits per heavy atom. The zero-order valence-electron chi connectivity index (χ0n) is 18.9. The Morgan fingerprint density at radius 3 is 2.44 bits per heavy atom. The van der Waals surface area contributed by atoms with Gasteiger partial charge in [0.2, 0.25) is 21.7 Å². The van der Waals surface area contributed by atoms with Gasteiger partial charge in [-0.3, -0.25) is 4.79 Å². The number of benzene rings is 2. The average molecular weight is 503 g/mol. The molecule has 0 unspecified atom stereocenters. The Kier molecular flexibility index (Phi) is 7.30. The summed E-state index contributed by atoms with van der Waals surface area (Å²) in [6.07, 6.45) is 2.68. The van der Waals surface area contributed by atoms with Gasteiger partial charge in [-0.15, -0.1) is 11.8 Å². The summed E-state index contributed by atoms with van der Waals surface area (Å²) in [7, 11) is -3.62. The summed E-state index contributed by atoms with van der Waals surface area (Å²) >= 11 is 1.55. The fraction of sp³-hybridized carbons (Fsp3) is 0.333. The molecule has 0 bridgehead atoms. The van der Waals surface area contributed by atoms with E-state index < -0.39 is 21.9 Å². The Bertz CT molecular complexity index is 1290. The maximum atomic E-state index is 13.1. The van der Waals surface area contributed by atoms with Gasteiger partial charge >= 0.3 is 5.97 Å². The number of thioether (sulfide) groups is 1. The summed E-state index contributed by atoms with van der Waals surface area (Å²) < 4.78 is 38.1. The quantitative estimate of drug-likeness (QED) is 0.378. The van der Waals surface area contributed by atoms with Crippen LogP contribution in [0.25, 0.3) is 11.0 Å². The largest absolute Gasteiger partial charge is 0.460 e. The van der Waals surface area contributed by atoms with Crippen molar-refractivity contribution in [1.29, 1.82) is 0 Å². The van der Waals surface area contributed by atoms with E-state index >= 15 is 0 Å². The number of carbonyl (C=O) groups excluding carboxylic acids is 2. The van der Waals surface area contributed by atoms with Crippen molar-refractivity contribution in [2.24, 2.45) is 5.92 Å². The van der Waals surface area contributed by atoms with Crippen LogP contribution in [-0.4, -0.2) is 50.6 Å². The monoisotopic (exact) mass is 502 g/mol. The topological polar surface area (TPSA) is 106 Å². The molecule has 1 fully saturated rings. The van der Waals surface area contributed by atoms with E-state index in [2.05, 4.69) is 5.32 Å². The zero-order valence-corrected chi connectivity index (χ0v) is 20.6. The van der Waals surface area contributed by atoms with Crippen molar-refractivity contribution in [2.45, 2.75) is 29.6 Å². The number of hydrogen-bond donors (Lipinski definition) is 1. The van der Waals surface area contributed by atoms with Crippen LogP contribution in [0.15, 0.2) is 62.7 Å². The van der Waals surface area contributed by atoms with Crippen molar-refractivity contribution in [1.82, 2.24) is 4.31 Å². The molecule has 8 nitrogen and oxygen atoms in total. The van der Waals surface area contributed by atoms with Crippen LogP contribution in [0.1, 0.15) is 30.3 Å². The molecule has 2 heterocycles. The van der Waals surface area contributed by atoms with Gasteiger partial charge in [0.05, 0.1) is 11.5 Å². The van der Waals surface area contributed by atoms with Gasteiger partial charge in [0.15, 0.2) is 0 Å². The molecule has 0 spiro atoms. The lowest BCUT2D eigenvalue weighted by Gasteiger charge is -2.30. The second kappa shape index (κ2) is 10.2. The number of ether oxygens (including phenoxy) is 1. The van der Waals surface area contributed by atoms with Crippen molar-refractivity contribution < 1.29 is 27.2 Å². The summed E-state index contributed by atoms with van der Waals surface area (Å²) in [5, 5.41) is 3.44. The minimum absolute atomic E-state index is 0.0508. The summed E-state index contributed by atoms with van der Waals surface area (Å²) in [5.74, 6) is -1.37. The van der Waals surface area contributed by atoms with Crippen molar-refractivity contribution in [3.8, 4) is 0 Å². The zero-order chi connectivity index (χ0) is 24.3. The van der Waals surface area contributed by atoms with Gasteiger partial charge < -0.3 is 14.5 Å². The molecule has 0 saturated carbocycles. The fourth-order valence-corrected chi connectivity index (χ4v) is 5.87. The SMILES string of the molecule is CCOC(=O)c1oc2ccccc2c1NC(=O)C1CCN(S(=O)(=O)c2ccc(SC)cc2)CC1. The highest BCUT2D eigenvalue weighted by molar-refractivity contribution is 7.98. The summed E-state index contributed by atoms with van der Waals surface area (Å²) in [4.78, 5) is 26.7. The van der Waals surface area contributed by atoms with E-state index in [4.69, 9.17) is 9.15 Å². The number of hydrogen-bond acceptors (Lipinski definition) is 7. The van der Waals surface area contributed by atoms with Crippen LogP contribution in [-0.2, 0) is 19.6 Å². The lowest BCUT2D eigenvalue weighted by molar-refractivity contribution is -0.120. The first-order valence-corrected chi connectivity index (χ1v) is 13.6. The minimum atomic E-state index is -3.62. The third-order valence-corrected chi connectivity index (χ3v) is 8.48. The normalized spacial score (nSPS) is 15.4. The summed E-state index contributed by atoms with van der Waals surface area (Å²) in [6, 6.07) is 13.8. The molecule has 0 aliphatic carbocycles. The molecule has 1 saturated heterocycles. The van der Waals surface area contributed by atoms with E-state index in [-0.39, 0.29) is 41.9 Å². The number of sulfonamides is 1. The van der Waals surface area contributed by atoms with Gasteiger partial charge in [0, 0.05) is 29.3 Å². The summed E-state index contributed by atoms with van der Waals surface area (Å²) in [6.45, 7) is 2.34. The highest BCUT2D eigenvalue weighted by Gasteiger charge is 2.33. The maximum Gasteiger partial charge on any atom is 0.376 e. The highest BCUT2D eigenvalue weighted by Crippen LogP contribution is 2.33. The molecular weight excluding hydrogens is 476 g/mol. The van der Waals surface area contributed by atoms with E-state index in [1.54, 1.807) is 67.2 Å². The van der Waals surface area contributed by atoms with E-state index in [1.807, 2.05) is 6.26 Å². The molecule has 0 atom stereocenters. The molecule has 0 radical (unpaired) electrons. The first kappa shape index (κ1) is 24.3. The third kappa shape index (κ3) is 4.84. The number of esters is 1. The molecule has 1 amide bonds. The Hall–Kier alpha value is -2.82. The molecule has 2 aromatic carbocycles. The van der Waals surface area contributed by atoms with Crippen LogP contribution in [0.5, 0.6) is 0 Å². The number of nitrogens with zero attached hydrogens (tertiary/aromatic N) is 1. The Balaban J connectivity index is 1.47. The second-order valence-electron chi connectivity index (χ2n) is 7.87. The van der Waals surface area contributed by atoms with Gasteiger partial charge in [-0.05, 0) is 62.4 Å². The van der Waals surface area contributed by atoms with Crippen LogP contribution in [0.2, 0.25) is 0 Å². The van der Waals surface area contributed by atoms with Gasteiger partial charge in [-0.25, -0.2) is 13.2 Å². The van der Waals surface area contributed by atoms with Crippen LogP contribution >= 0.6 is 11.8 Å². The average Bonchev–Trinajstić information content (AvgIpc) is 3.22. The number of fused-ring (bicyclic) bond motifs is 1. The first-order valence-electron chi connectivity index (χ1n) is 11.0. The van der Waals surface area contributed by atoms with Crippen molar-refractivity contribution in [3.63, 3.8) is 0 Å². The Morgan fingerprint density at radius 2 is 1.79 bits per heavy atom. The predicted octanol–water partition coefficient (Wildman–Crippen LogP) is 4.37. The van der Waals surface area contributed by atoms with E-state index in [9.17, 15) is 18.0 Å². The smallest absolute Gasteiger partial charge is 0.376 e. The minimum Gasteiger partial charge on any atom is -0.460 e. The van der Waals surface area contributed by atoms with E-state index in [0.29, 0.717) is 23.8 Å². The Labute approximate surface area is 202 Å². The van der Waals surface area contributed by atoms with Gasteiger partial charge in [-0.2, -0.15) is 4.31 Å². The predicted molar refractivity (Wildman–Crippen MR) is 131 cm³/mol. The molecule has 10 heteroatoms. The molecule has 180 valence electrons. The number of nitrogens with one attached hydrogen (secondary N) is 1. The third-order valence-electron chi connectivity index (χ3n) is 5.83. The van der Waals surface area contributed by atoms with Crippen molar-refractivity contribution in [2.75, 3.05) is 31.3 Å². The maximum absolute atomic E-state index is 13.1. The molecular formula is C24H26N2O6S2. The molecule has 4 rings (SSSR count). The van der Waals surface area contributed by atoms with Gasteiger partial charge in [0.1, 0.15) is 11.3 Å². The number of rotatable bonds is 7. The van der Waals surface area contributed by atoms with Crippen molar-refractivity contribution in [3.05, 3.63) is 54.3 Å². The second-order valence-corrected chi connectivity index (χ2v) is 10.7. The number of amides is 1. The number of carbonyl (C=O) groups is 2. The van der Waals surface area contributed by atoms with Crippen LogP contribution in [0, 0.1) is 5.92 Å². The fourth-order valence-electron chi connectivity index (χ4n) is 3.99. The first-order chi connectivity index (χ1) is 16.3.